The standard InChI is InChI=1S/C10H8ClN3O2/c11-7-3-1-2-5-8(7)13-4-6(9(5)15)10(16)14-12/h1-4H,12H2,(H,13,15)(H,14,16). The second-order valence-corrected chi connectivity index (χ2v) is 3.57. The SMILES string of the molecule is NNC(=O)c1c[nH]c2c(Cl)cccc2c1=O. The smallest absolute Gasteiger partial charge is 0.270 e. The highest BCUT2D eigenvalue weighted by molar-refractivity contribution is 6.35. The molecule has 1 amide bonds. The van der Waals surface area contributed by atoms with Crippen LogP contribution in [-0.2, 0) is 0 Å². The van der Waals surface area contributed by atoms with Crippen molar-refractivity contribution in [2.75, 3.05) is 0 Å². The molecule has 1 heterocycles. The van der Waals surface area contributed by atoms with Gasteiger partial charge in [-0.1, -0.05) is 17.7 Å². The van der Waals surface area contributed by atoms with E-state index in [9.17, 15) is 9.59 Å². The summed E-state index contributed by atoms with van der Waals surface area (Å²) in [5, 5.41) is 0.780. The van der Waals surface area contributed by atoms with Gasteiger partial charge in [-0.05, 0) is 12.1 Å². The number of para-hydroxylation sites is 1. The van der Waals surface area contributed by atoms with Gasteiger partial charge in [-0.15, -0.1) is 0 Å². The summed E-state index contributed by atoms with van der Waals surface area (Å²) in [6, 6.07) is 4.89. The van der Waals surface area contributed by atoms with Crippen LogP contribution < -0.4 is 16.7 Å². The molecule has 16 heavy (non-hydrogen) atoms. The van der Waals surface area contributed by atoms with E-state index in [1.165, 1.54) is 6.20 Å². The number of nitrogens with one attached hydrogen (secondary N) is 2. The third-order valence-corrected chi connectivity index (χ3v) is 2.55. The Morgan fingerprint density at radius 1 is 1.44 bits per heavy atom. The molecule has 0 aliphatic carbocycles. The van der Waals surface area contributed by atoms with Gasteiger partial charge in [0.25, 0.3) is 5.91 Å². The summed E-state index contributed by atoms with van der Waals surface area (Å²) < 4.78 is 0. The molecule has 4 N–H and O–H groups in total. The van der Waals surface area contributed by atoms with Crippen molar-refractivity contribution in [3.63, 3.8) is 0 Å². The van der Waals surface area contributed by atoms with Gasteiger partial charge in [0.1, 0.15) is 5.56 Å². The Bertz CT molecular complexity index is 621. The second kappa shape index (κ2) is 3.96. The maximum atomic E-state index is 11.9. The molecular weight excluding hydrogens is 230 g/mol. The normalized spacial score (nSPS) is 10.4. The molecule has 0 atom stereocenters. The van der Waals surface area contributed by atoms with Gasteiger partial charge < -0.3 is 4.98 Å². The van der Waals surface area contributed by atoms with Gasteiger partial charge in [0, 0.05) is 11.6 Å². The number of carbonyl (C=O) groups is 1. The molecule has 6 heteroatoms. The van der Waals surface area contributed by atoms with Gasteiger partial charge in [-0.25, -0.2) is 5.84 Å². The van der Waals surface area contributed by atoms with Crippen LogP contribution in [0.1, 0.15) is 10.4 Å². The Balaban J connectivity index is 2.81. The van der Waals surface area contributed by atoms with Gasteiger partial charge >= 0.3 is 0 Å². The van der Waals surface area contributed by atoms with E-state index < -0.39 is 11.3 Å². The minimum atomic E-state index is -0.636. The highest BCUT2D eigenvalue weighted by Gasteiger charge is 2.12. The molecule has 0 saturated heterocycles. The van der Waals surface area contributed by atoms with Crippen molar-refractivity contribution >= 4 is 28.4 Å². The van der Waals surface area contributed by atoms with E-state index in [0.29, 0.717) is 15.9 Å². The van der Waals surface area contributed by atoms with E-state index in [2.05, 4.69) is 4.98 Å². The molecule has 0 saturated carbocycles. The van der Waals surface area contributed by atoms with Crippen LogP contribution in [0.2, 0.25) is 5.02 Å². The van der Waals surface area contributed by atoms with E-state index in [1.807, 2.05) is 5.43 Å². The van der Waals surface area contributed by atoms with Crippen LogP contribution in [0, 0.1) is 0 Å². The Morgan fingerprint density at radius 3 is 2.88 bits per heavy atom. The van der Waals surface area contributed by atoms with Crippen LogP contribution in [0.25, 0.3) is 10.9 Å². The summed E-state index contributed by atoms with van der Waals surface area (Å²) in [7, 11) is 0. The highest BCUT2D eigenvalue weighted by atomic mass is 35.5. The molecule has 2 aromatic rings. The van der Waals surface area contributed by atoms with Crippen molar-refractivity contribution in [1.82, 2.24) is 10.4 Å². The molecule has 1 aromatic carbocycles. The van der Waals surface area contributed by atoms with Crippen LogP contribution >= 0.6 is 11.6 Å². The summed E-state index contributed by atoms with van der Waals surface area (Å²) in [5.74, 6) is 4.33. The monoisotopic (exact) mass is 237 g/mol. The number of aromatic nitrogens is 1. The molecule has 82 valence electrons. The van der Waals surface area contributed by atoms with E-state index in [1.54, 1.807) is 18.2 Å². The zero-order valence-electron chi connectivity index (χ0n) is 8.08. The number of aromatic amines is 1. The van der Waals surface area contributed by atoms with Gasteiger partial charge in [0.15, 0.2) is 0 Å². The number of benzene rings is 1. The molecule has 0 aliphatic heterocycles. The molecule has 0 unspecified atom stereocenters. The molecule has 2 rings (SSSR count). The van der Waals surface area contributed by atoms with E-state index >= 15 is 0 Å². The first-order chi connectivity index (χ1) is 7.65. The maximum absolute atomic E-state index is 11.9. The lowest BCUT2D eigenvalue weighted by Crippen LogP contribution is -2.33. The Labute approximate surface area is 95.2 Å². The van der Waals surface area contributed by atoms with E-state index in [-0.39, 0.29) is 5.56 Å². The number of nitrogens with two attached hydrogens (primary N) is 1. The zero-order chi connectivity index (χ0) is 11.7. The number of hydrogen-bond acceptors (Lipinski definition) is 3. The van der Waals surface area contributed by atoms with E-state index in [4.69, 9.17) is 17.4 Å². The molecule has 5 nitrogen and oxygen atoms in total. The molecule has 0 fully saturated rings. The summed E-state index contributed by atoms with van der Waals surface area (Å²) >= 11 is 5.90. The van der Waals surface area contributed by atoms with Crippen molar-refractivity contribution in [3.05, 3.63) is 45.2 Å². The lowest BCUT2D eigenvalue weighted by molar-refractivity contribution is 0.0952. The molecular formula is C10H8ClN3O2. The fourth-order valence-corrected chi connectivity index (χ4v) is 1.69. The number of halogens is 1. The predicted molar refractivity (Wildman–Crippen MR) is 61.2 cm³/mol. The van der Waals surface area contributed by atoms with Crippen molar-refractivity contribution in [3.8, 4) is 0 Å². The van der Waals surface area contributed by atoms with Crippen LogP contribution in [0.15, 0.2) is 29.2 Å². The average Bonchev–Trinajstić information content (AvgIpc) is 2.30. The van der Waals surface area contributed by atoms with Crippen LogP contribution in [0.4, 0.5) is 0 Å². The van der Waals surface area contributed by atoms with Crippen molar-refractivity contribution in [2.45, 2.75) is 0 Å². The van der Waals surface area contributed by atoms with Gasteiger partial charge in [0.05, 0.1) is 10.5 Å². The fraction of sp³-hybridized carbons (Fsp3) is 0. The number of rotatable bonds is 1. The molecule has 0 spiro atoms. The first-order valence-corrected chi connectivity index (χ1v) is 4.84. The topological polar surface area (TPSA) is 88.0 Å². The number of amides is 1. The molecule has 0 bridgehead atoms. The number of fused-ring (bicyclic) bond motifs is 1. The third kappa shape index (κ3) is 1.56. The maximum Gasteiger partial charge on any atom is 0.270 e. The Morgan fingerprint density at radius 2 is 2.19 bits per heavy atom. The number of hydrazine groups is 1. The summed E-state index contributed by atoms with van der Waals surface area (Å²) in [5.41, 5.74) is 1.96. The van der Waals surface area contributed by atoms with Gasteiger partial charge in [-0.2, -0.15) is 0 Å². The average molecular weight is 238 g/mol. The molecule has 1 aromatic heterocycles. The molecule has 0 radical (unpaired) electrons. The fourth-order valence-electron chi connectivity index (χ4n) is 1.46. The lowest BCUT2D eigenvalue weighted by Gasteiger charge is -2.03. The first kappa shape index (κ1) is 10.7. The largest absolute Gasteiger partial charge is 0.359 e. The highest BCUT2D eigenvalue weighted by Crippen LogP contribution is 2.18. The van der Waals surface area contributed by atoms with Crippen LogP contribution in [0.3, 0.4) is 0 Å². The summed E-state index contributed by atoms with van der Waals surface area (Å²) in [4.78, 5) is 26.0. The zero-order valence-corrected chi connectivity index (χ0v) is 8.84. The minimum absolute atomic E-state index is 0.0442. The van der Waals surface area contributed by atoms with Crippen molar-refractivity contribution in [2.24, 2.45) is 5.84 Å². The van der Waals surface area contributed by atoms with Crippen molar-refractivity contribution in [1.29, 1.82) is 0 Å². The van der Waals surface area contributed by atoms with E-state index in [0.717, 1.165) is 0 Å². The van der Waals surface area contributed by atoms with Gasteiger partial charge in [0.2, 0.25) is 5.43 Å². The minimum Gasteiger partial charge on any atom is -0.359 e. The quantitative estimate of drug-likeness (QED) is 0.389. The van der Waals surface area contributed by atoms with Crippen molar-refractivity contribution < 1.29 is 4.79 Å². The van der Waals surface area contributed by atoms with Gasteiger partial charge in [-0.3, -0.25) is 15.0 Å². The number of hydrogen-bond donors (Lipinski definition) is 3. The lowest BCUT2D eigenvalue weighted by atomic mass is 10.1. The number of nitrogen functional groups attached to an aromatic ring is 1. The Hall–Kier alpha value is -1.85. The van der Waals surface area contributed by atoms with Crippen LogP contribution in [-0.4, -0.2) is 10.9 Å². The van der Waals surface area contributed by atoms with Crippen LogP contribution in [0.5, 0.6) is 0 Å². The second-order valence-electron chi connectivity index (χ2n) is 3.17. The number of H-pyrrole nitrogens is 1. The first-order valence-electron chi connectivity index (χ1n) is 4.46. The Kier molecular flexibility index (Phi) is 2.64. The summed E-state index contributed by atoms with van der Waals surface area (Å²) in [6.45, 7) is 0. The number of carbonyl (C=O) groups excluding carboxylic acids is 1. The third-order valence-electron chi connectivity index (χ3n) is 2.24. The predicted octanol–water partition coefficient (Wildman–Crippen LogP) is 0.785. The number of pyridine rings is 1. The molecule has 0 aliphatic rings. The summed E-state index contributed by atoms with van der Waals surface area (Å²) in [6.07, 6.45) is 1.29.